The van der Waals surface area contributed by atoms with Crippen molar-refractivity contribution in [2.45, 2.75) is 6.92 Å². The molecule has 0 aromatic heterocycles. The van der Waals surface area contributed by atoms with E-state index in [1.54, 1.807) is 30.3 Å². The van der Waals surface area contributed by atoms with Crippen LogP contribution in [0.2, 0.25) is 0 Å². The summed E-state index contributed by atoms with van der Waals surface area (Å²) in [5.74, 6) is -2.87. The third kappa shape index (κ3) is 3.71. The SMILES string of the molecule is CC(=O)N(CC(=O)N(C)c1ccccc1)c1c(F)cccc1F. The van der Waals surface area contributed by atoms with Gasteiger partial charge in [-0.05, 0) is 24.3 Å². The third-order valence-electron chi connectivity index (χ3n) is 3.40. The minimum absolute atomic E-state index is 0.460. The Bertz CT molecular complexity index is 700. The van der Waals surface area contributed by atoms with Gasteiger partial charge in [0.2, 0.25) is 11.8 Å². The number of likely N-dealkylation sites (N-methyl/N-ethyl adjacent to an activating group) is 1. The van der Waals surface area contributed by atoms with Crippen LogP contribution in [-0.4, -0.2) is 25.4 Å². The van der Waals surface area contributed by atoms with Crippen molar-refractivity contribution in [1.82, 2.24) is 0 Å². The number of hydrogen-bond acceptors (Lipinski definition) is 2. The molecule has 0 atom stereocenters. The Kier molecular flexibility index (Phi) is 5.05. The predicted molar refractivity (Wildman–Crippen MR) is 84.2 cm³/mol. The molecule has 6 heteroatoms. The molecule has 0 unspecified atom stereocenters. The van der Waals surface area contributed by atoms with E-state index in [-0.39, 0.29) is 0 Å². The molecule has 120 valence electrons. The quantitative estimate of drug-likeness (QED) is 0.869. The fourth-order valence-corrected chi connectivity index (χ4v) is 2.13. The van der Waals surface area contributed by atoms with Gasteiger partial charge >= 0.3 is 0 Å². The highest BCUT2D eigenvalue weighted by Crippen LogP contribution is 2.23. The van der Waals surface area contributed by atoms with Gasteiger partial charge in [-0.1, -0.05) is 24.3 Å². The van der Waals surface area contributed by atoms with Crippen molar-refractivity contribution in [3.8, 4) is 0 Å². The molecule has 0 fully saturated rings. The number of carbonyl (C=O) groups is 2. The summed E-state index contributed by atoms with van der Waals surface area (Å²) in [6, 6.07) is 12.1. The molecule has 23 heavy (non-hydrogen) atoms. The van der Waals surface area contributed by atoms with Gasteiger partial charge in [-0.15, -0.1) is 0 Å². The molecule has 0 spiro atoms. The van der Waals surface area contributed by atoms with E-state index < -0.39 is 35.7 Å². The number of carbonyl (C=O) groups excluding carboxylic acids is 2. The van der Waals surface area contributed by atoms with Crippen molar-refractivity contribution in [2.24, 2.45) is 0 Å². The number of amides is 2. The lowest BCUT2D eigenvalue weighted by molar-refractivity contribution is -0.121. The van der Waals surface area contributed by atoms with Gasteiger partial charge in [0.05, 0.1) is 0 Å². The Morgan fingerprint density at radius 2 is 1.52 bits per heavy atom. The molecule has 0 aliphatic heterocycles. The number of para-hydroxylation sites is 2. The zero-order valence-corrected chi connectivity index (χ0v) is 12.8. The number of benzene rings is 2. The van der Waals surface area contributed by atoms with E-state index in [2.05, 4.69) is 0 Å². The highest BCUT2D eigenvalue weighted by molar-refractivity contribution is 6.02. The first-order valence-corrected chi connectivity index (χ1v) is 6.95. The van der Waals surface area contributed by atoms with E-state index >= 15 is 0 Å². The van der Waals surface area contributed by atoms with Crippen LogP contribution in [0.15, 0.2) is 48.5 Å². The van der Waals surface area contributed by atoms with Gasteiger partial charge in [0, 0.05) is 19.7 Å². The summed E-state index contributed by atoms with van der Waals surface area (Å²) >= 11 is 0. The molecule has 0 radical (unpaired) electrons. The van der Waals surface area contributed by atoms with E-state index in [9.17, 15) is 18.4 Å². The standard InChI is InChI=1S/C17H16F2N2O2/c1-12(22)21(17-14(18)9-6-10-15(17)19)11-16(23)20(2)13-7-4-3-5-8-13/h3-10H,11H2,1-2H3. The molecule has 0 aliphatic carbocycles. The fraction of sp³-hybridized carbons (Fsp3) is 0.176. The second kappa shape index (κ2) is 7.00. The number of halogens is 2. The number of rotatable bonds is 4. The van der Waals surface area contributed by atoms with Gasteiger partial charge in [-0.3, -0.25) is 14.5 Å². The zero-order chi connectivity index (χ0) is 17.0. The monoisotopic (exact) mass is 318 g/mol. The van der Waals surface area contributed by atoms with Crippen molar-refractivity contribution in [1.29, 1.82) is 0 Å². The Morgan fingerprint density at radius 3 is 2.04 bits per heavy atom. The maximum Gasteiger partial charge on any atom is 0.246 e. The molecule has 2 aromatic carbocycles. The molecule has 0 N–H and O–H groups in total. The summed E-state index contributed by atoms with van der Waals surface area (Å²) in [5, 5.41) is 0. The van der Waals surface area contributed by atoms with Crippen molar-refractivity contribution in [3.05, 3.63) is 60.2 Å². The Balaban J connectivity index is 2.27. The van der Waals surface area contributed by atoms with Crippen molar-refractivity contribution in [3.63, 3.8) is 0 Å². The summed E-state index contributed by atoms with van der Waals surface area (Å²) in [6.07, 6.45) is 0. The first-order chi connectivity index (χ1) is 10.9. The maximum absolute atomic E-state index is 13.9. The average Bonchev–Trinajstić information content (AvgIpc) is 2.53. The second-order valence-electron chi connectivity index (χ2n) is 4.96. The normalized spacial score (nSPS) is 10.3. The van der Waals surface area contributed by atoms with Crippen LogP contribution >= 0.6 is 0 Å². The summed E-state index contributed by atoms with van der Waals surface area (Å²) in [5.41, 5.74) is 0.102. The minimum Gasteiger partial charge on any atom is -0.314 e. The van der Waals surface area contributed by atoms with Gasteiger partial charge in [0.1, 0.15) is 23.9 Å². The molecule has 0 saturated heterocycles. The van der Waals surface area contributed by atoms with Crippen LogP contribution in [0.4, 0.5) is 20.2 Å². The first-order valence-electron chi connectivity index (χ1n) is 6.95. The average molecular weight is 318 g/mol. The fourth-order valence-electron chi connectivity index (χ4n) is 2.13. The van der Waals surface area contributed by atoms with Crippen LogP contribution in [0.1, 0.15) is 6.92 Å². The lowest BCUT2D eigenvalue weighted by Crippen LogP contribution is -2.41. The third-order valence-corrected chi connectivity index (χ3v) is 3.40. The molecular formula is C17H16F2N2O2. The van der Waals surface area contributed by atoms with Crippen molar-refractivity contribution >= 4 is 23.2 Å². The molecule has 0 bridgehead atoms. The van der Waals surface area contributed by atoms with E-state index in [0.717, 1.165) is 24.0 Å². The summed E-state index contributed by atoms with van der Waals surface area (Å²) in [7, 11) is 1.54. The van der Waals surface area contributed by atoms with E-state index in [1.165, 1.54) is 18.0 Å². The van der Waals surface area contributed by atoms with Crippen LogP contribution in [0, 0.1) is 11.6 Å². The Hall–Kier alpha value is -2.76. The topological polar surface area (TPSA) is 40.6 Å². The van der Waals surface area contributed by atoms with Crippen LogP contribution < -0.4 is 9.80 Å². The molecule has 2 amide bonds. The largest absolute Gasteiger partial charge is 0.314 e. The van der Waals surface area contributed by atoms with Crippen LogP contribution in [0.25, 0.3) is 0 Å². The predicted octanol–water partition coefficient (Wildman–Crippen LogP) is 2.98. The molecule has 2 aromatic rings. The molecule has 2 rings (SSSR count). The number of nitrogens with zero attached hydrogens (tertiary/aromatic N) is 2. The van der Waals surface area contributed by atoms with Gasteiger partial charge in [0.25, 0.3) is 0 Å². The highest BCUT2D eigenvalue weighted by atomic mass is 19.1. The summed E-state index contributed by atoms with van der Waals surface area (Å²) in [6.45, 7) is 0.695. The van der Waals surface area contributed by atoms with Crippen molar-refractivity contribution in [2.75, 3.05) is 23.4 Å². The number of hydrogen-bond donors (Lipinski definition) is 0. The molecule has 4 nitrogen and oxygen atoms in total. The lowest BCUT2D eigenvalue weighted by atomic mass is 10.2. The lowest BCUT2D eigenvalue weighted by Gasteiger charge is -2.25. The highest BCUT2D eigenvalue weighted by Gasteiger charge is 2.24. The van der Waals surface area contributed by atoms with E-state index in [0.29, 0.717) is 5.69 Å². The minimum atomic E-state index is -0.893. The van der Waals surface area contributed by atoms with Crippen LogP contribution in [0.5, 0.6) is 0 Å². The summed E-state index contributed by atoms with van der Waals surface area (Å²) < 4.78 is 27.8. The number of anilines is 2. The first kappa shape index (κ1) is 16.6. The van der Waals surface area contributed by atoms with Crippen LogP contribution in [-0.2, 0) is 9.59 Å². The Labute approximate surface area is 132 Å². The molecular weight excluding hydrogens is 302 g/mol. The smallest absolute Gasteiger partial charge is 0.246 e. The van der Waals surface area contributed by atoms with E-state index in [4.69, 9.17) is 0 Å². The second-order valence-corrected chi connectivity index (χ2v) is 4.96. The van der Waals surface area contributed by atoms with Crippen molar-refractivity contribution < 1.29 is 18.4 Å². The Morgan fingerprint density at radius 1 is 0.957 bits per heavy atom. The van der Waals surface area contributed by atoms with Gasteiger partial charge < -0.3 is 4.90 Å². The zero-order valence-electron chi connectivity index (χ0n) is 12.8. The molecule has 0 aliphatic rings. The summed E-state index contributed by atoms with van der Waals surface area (Å²) in [4.78, 5) is 26.2. The molecule has 0 saturated carbocycles. The van der Waals surface area contributed by atoms with Gasteiger partial charge in [0.15, 0.2) is 0 Å². The van der Waals surface area contributed by atoms with E-state index in [1.807, 2.05) is 0 Å². The van der Waals surface area contributed by atoms with Crippen LogP contribution in [0.3, 0.4) is 0 Å². The van der Waals surface area contributed by atoms with Gasteiger partial charge in [-0.25, -0.2) is 8.78 Å². The molecule has 0 heterocycles. The van der Waals surface area contributed by atoms with Gasteiger partial charge in [-0.2, -0.15) is 0 Å². The maximum atomic E-state index is 13.9.